The van der Waals surface area contributed by atoms with Gasteiger partial charge in [0.05, 0.1) is 5.69 Å². The third-order valence-corrected chi connectivity index (χ3v) is 6.16. The SMILES string of the molecule is CC(C)NC(=O)NC[C@H]1C[C@H]2CCN1C[C@@H]2c1cc(-c2ccccc2)nn1C. The van der Waals surface area contributed by atoms with Crippen molar-refractivity contribution in [2.24, 2.45) is 13.0 Å². The molecule has 0 spiro atoms. The van der Waals surface area contributed by atoms with Crippen LogP contribution in [0.3, 0.4) is 0 Å². The Bertz CT molecular complexity index is 816. The van der Waals surface area contributed by atoms with Crippen molar-refractivity contribution in [2.75, 3.05) is 19.6 Å². The Hall–Kier alpha value is -2.34. The second-order valence-corrected chi connectivity index (χ2v) is 8.49. The molecule has 0 radical (unpaired) electrons. The predicted octanol–water partition coefficient (Wildman–Crippen LogP) is 2.97. The quantitative estimate of drug-likeness (QED) is 0.837. The van der Waals surface area contributed by atoms with Crippen LogP contribution in [-0.2, 0) is 7.05 Å². The zero-order valence-corrected chi connectivity index (χ0v) is 17.1. The summed E-state index contributed by atoms with van der Waals surface area (Å²) in [6.45, 7) is 6.86. The van der Waals surface area contributed by atoms with Gasteiger partial charge < -0.3 is 10.6 Å². The van der Waals surface area contributed by atoms with E-state index in [4.69, 9.17) is 5.10 Å². The number of hydrogen-bond acceptors (Lipinski definition) is 3. The van der Waals surface area contributed by atoms with Crippen molar-refractivity contribution in [3.05, 3.63) is 42.1 Å². The fourth-order valence-corrected chi connectivity index (χ4v) is 4.79. The van der Waals surface area contributed by atoms with Gasteiger partial charge >= 0.3 is 6.03 Å². The van der Waals surface area contributed by atoms with E-state index in [1.54, 1.807) is 0 Å². The number of fused-ring (bicyclic) bond motifs is 3. The normalized spacial score (nSPS) is 26.4. The Morgan fingerprint density at radius 3 is 2.75 bits per heavy atom. The van der Waals surface area contributed by atoms with Gasteiger partial charge in [0.2, 0.25) is 0 Å². The molecule has 0 saturated carbocycles. The smallest absolute Gasteiger partial charge is 0.315 e. The summed E-state index contributed by atoms with van der Waals surface area (Å²) in [6.07, 6.45) is 2.36. The molecule has 2 bridgehead atoms. The number of carbonyl (C=O) groups excluding carboxylic acids is 1. The molecular weight excluding hydrogens is 350 g/mol. The van der Waals surface area contributed by atoms with Gasteiger partial charge in [-0.3, -0.25) is 9.58 Å². The molecule has 4 heterocycles. The average Bonchev–Trinajstić information content (AvgIpc) is 3.08. The molecule has 28 heavy (non-hydrogen) atoms. The molecule has 2 amide bonds. The summed E-state index contributed by atoms with van der Waals surface area (Å²) in [5.74, 6) is 1.17. The number of nitrogens with zero attached hydrogens (tertiary/aromatic N) is 3. The lowest BCUT2D eigenvalue weighted by atomic mass is 9.74. The van der Waals surface area contributed by atoms with Gasteiger partial charge in [-0.05, 0) is 45.2 Å². The molecule has 1 aromatic carbocycles. The van der Waals surface area contributed by atoms with Gasteiger partial charge in [0.1, 0.15) is 0 Å². The van der Waals surface area contributed by atoms with Crippen molar-refractivity contribution in [3.63, 3.8) is 0 Å². The maximum absolute atomic E-state index is 11.9. The lowest BCUT2D eigenvalue weighted by molar-refractivity contribution is 0.0294. The second-order valence-electron chi connectivity index (χ2n) is 8.49. The van der Waals surface area contributed by atoms with Crippen LogP contribution in [-0.4, -0.2) is 52.4 Å². The van der Waals surface area contributed by atoms with Gasteiger partial charge in [0, 0.05) is 49.4 Å². The van der Waals surface area contributed by atoms with Crippen LogP contribution < -0.4 is 10.6 Å². The van der Waals surface area contributed by atoms with Gasteiger partial charge in [-0.25, -0.2) is 4.79 Å². The zero-order valence-electron chi connectivity index (χ0n) is 17.1. The van der Waals surface area contributed by atoms with E-state index in [2.05, 4.69) is 57.6 Å². The lowest BCUT2D eigenvalue weighted by Gasteiger charge is -2.49. The van der Waals surface area contributed by atoms with Crippen molar-refractivity contribution >= 4 is 6.03 Å². The van der Waals surface area contributed by atoms with E-state index in [1.807, 2.05) is 19.9 Å². The Kier molecular flexibility index (Phi) is 5.40. The first-order chi connectivity index (χ1) is 13.5. The van der Waals surface area contributed by atoms with Gasteiger partial charge in [-0.2, -0.15) is 5.10 Å². The maximum atomic E-state index is 11.9. The molecule has 3 aliphatic rings. The first-order valence-electron chi connectivity index (χ1n) is 10.4. The minimum absolute atomic E-state index is 0.0617. The molecule has 1 unspecified atom stereocenters. The average molecular weight is 382 g/mol. The standard InChI is InChI=1S/C22H31N5O/c1-15(2)24-22(28)23-13-18-11-17-9-10-27(18)14-19(17)21-12-20(25-26(21)3)16-7-5-4-6-8-16/h4-8,12,15,17-19H,9-11,13-14H2,1-3H3,(H2,23,24,28)/t17-,18-,19+/m1/s1. The minimum Gasteiger partial charge on any atom is -0.337 e. The Morgan fingerprint density at radius 1 is 1.29 bits per heavy atom. The summed E-state index contributed by atoms with van der Waals surface area (Å²) < 4.78 is 2.07. The van der Waals surface area contributed by atoms with E-state index >= 15 is 0 Å². The van der Waals surface area contributed by atoms with Crippen LogP contribution in [0.25, 0.3) is 11.3 Å². The predicted molar refractivity (Wildman–Crippen MR) is 111 cm³/mol. The number of urea groups is 1. The Labute approximate surface area is 167 Å². The molecule has 6 nitrogen and oxygen atoms in total. The summed E-state index contributed by atoms with van der Waals surface area (Å²) in [4.78, 5) is 14.5. The maximum Gasteiger partial charge on any atom is 0.315 e. The number of aromatic nitrogens is 2. The van der Waals surface area contributed by atoms with Gasteiger partial charge in [-0.1, -0.05) is 30.3 Å². The van der Waals surface area contributed by atoms with Crippen LogP contribution in [0.15, 0.2) is 36.4 Å². The van der Waals surface area contributed by atoms with Gasteiger partial charge in [0.25, 0.3) is 0 Å². The second kappa shape index (κ2) is 7.95. The van der Waals surface area contributed by atoms with Crippen molar-refractivity contribution in [3.8, 4) is 11.3 Å². The van der Waals surface area contributed by atoms with Crippen LogP contribution in [0.1, 0.15) is 38.3 Å². The van der Waals surface area contributed by atoms with E-state index < -0.39 is 0 Å². The van der Waals surface area contributed by atoms with Crippen LogP contribution in [0.2, 0.25) is 0 Å². The number of rotatable bonds is 5. The highest BCUT2D eigenvalue weighted by atomic mass is 16.2. The molecule has 4 atom stereocenters. The number of piperidine rings is 3. The zero-order chi connectivity index (χ0) is 19.7. The summed E-state index contributed by atoms with van der Waals surface area (Å²) in [7, 11) is 2.06. The minimum atomic E-state index is -0.0617. The molecule has 0 aliphatic carbocycles. The molecule has 150 valence electrons. The monoisotopic (exact) mass is 381 g/mol. The number of benzene rings is 1. The largest absolute Gasteiger partial charge is 0.337 e. The molecule has 3 fully saturated rings. The van der Waals surface area contributed by atoms with Crippen molar-refractivity contribution in [2.45, 2.75) is 44.7 Å². The fourth-order valence-electron chi connectivity index (χ4n) is 4.79. The van der Waals surface area contributed by atoms with E-state index in [1.165, 1.54) is 17.7 Å². The van der Waals surface area contributed by atoms with Crippen molar-refractivity contribution in [1.82, 2.24) is 25.3 Å². The first kappa shape index (κ1) is 19.0. The van der Waals surface area contributed by atoms with Crippen LogP contribution in [0, 0.1) is 5.92 Å². The van der Waals surface area contributed by atoms with Crippen LogP contribution in [0.5, 0.6) is 0 Å². The molecular formula is C22H31N5O. The molecule has 3 aliphatic heterocycles. The van der Waals surface area contributed by atoms with E-state index in [9.17, 15) is 4.79 Å². The van der Waals surface area contributed by atoms with E-state index in [0.29, 0.717) is 17.9 Å². The summed E-state index contributed by atoms with van der Waals surface area (Å²) in [5.41, 5.74) is 3.56. The summed E-state index contributed by atoms with van der Waals surface area (Å²) in [6, 6.07) is 13.2. The summed E-state index contributed by atoms with van der Waals surface area (Å²) in [5, 5.41) is 10.7. The van der Waals surface area contributed by atoms with Gasteiger partial charge in [0.15, 0.2) is 0 Å². The van der Waals surface area contributed by atoms with Crippen molar-refractivity contribution in [1.29, 1.82) is 0 Å². The summed E-state index contributed by atoms with van der Waals surface area (Å²) >= 11 is 0. The lowest BCUT2D eigenvalue weighted by Crippen LogP contribution is -2.57. The molecule has 2 aromatic rings. The Morgan fingerprint density at radius 2 is 2.07 bits per heavy atom. The third kappa shape index (κ3) is 3.92. The fraction of sp³-hybridized carbons (Fsp3) is 0.545. The highest BCUT2D eigenvalue weighted by Crippen LogP contribution is 2.42. The molecule has 1 aromatic heterocycles. The van der Waals surface area contributed by atoms with E-state index in [0.717, 1.165) is 31.7 Å². The van der Waals surface area contributed by atoms with Gasteiger partial charge in [-0.15, -0.1) is 0 Å². The number of carbonyl (C=O) groups is 1. The third-order valence-electron chi connectivity index (χ3n) is 6.16. The number of aryl methyl sites for hydroxylation is 1. The number of nitrogens with one attached hydrogen (secondary N) is 2. The molecule has 2 N–H and O–H groups in total. The van der Waals surface area contributed by atoms with Crippen molar-refractivity contribution < 1.29 is 4.79 Å². The molecule has 6 heteroatoms. The van der Waals surface area contributed by atoms with E-state index in [-0.39, 0.29) is 12.1 Å². The topological polar surface area (TPSA) is 62.2 Å². The highest BCUT2D eigenvalue weighted by molar-refractivity contribution is 5.74. The van der Waals surface area contributed by atoms with Crippen LogP contribution in [0.4, 0.5) is 4.79 Å². The first-order valence-corrected chi connectivity index (χ1v) is 10.4. The van der Waals surface area contributed by atoms with Crippen LogP contribution >= 0.6 is 0 Å². The Balaban J connectivity index is 1.42. The number of hydrogen-bond donors (Lipinski definition) is 2. The molecule has 3 saturated heterocycles. The highest BCUT2D eigenvalue weighted by Gasteiger charge is 2.41. The molecule has 5 rings (SSSR count). The number of amides is 2.